The molecule has 0 spiro atoms. The summed E-state index contributed by atoms with van der Waals surface area (Å²) in [5, 5.41) is 15.4. The minimum Gasteiger partial charge on any atom is -0.493 e. The number of ether oxygens (including phenoxy) is 2. The monoisotopic (exact) mass is 323 g/mol. The average molecular weight is 323 g/mol. The van der Waals surface area contributed by atoms with E-state index in [1.165, 1.54) is 0 Å². The zero-order chi connectivity index (χ0) is 17.1. The largest absolute Gasteiger partial charge is 0.493 e. The van der Waals surface area contributed by atoms with Gasteiger partial charge in [-0.3, -0.25) is 0 Å². The molecule has 0 saturated heterocycles. The van der Waals surface area contributed by atoms with E-state index in [2.05, 4.69) is 29.5 Å². The number of methoxy groups -OCH3 is 1. The van der Waals surface area contributed by atoms with Gasteiger partial charge in [0.2, 0.25) is 0 Å². The maximum atomic E-state index is 8.84. The summed E-state index contributed by atoms with van der Waals surface area (Å²) in [6.07, 6.45) is 1.04. The van der Waals surface area contributed by atoms with Crippen LogP contribution in [0.25, 0.3) is 0 Å². The third-order valence-electron chi connectivity index (χ3n) is 3.34. The normalized spacial score (nSPS) is 12.7. The summed E-state index contributed by atoms with van der Waals surface area (Å²) < 4.78 is 10.8. The molecule has 23 heavy (non-hydrogen) atoms. The molecule has 0 bridgehead atoms. The molecular formula is C17H29N3O3. The van der Waals surface area contributed by atoms with Crippen LogP contribution in [0.15, 0.2) is 23.2 Å². The van der Waals surface area contributed by atoms with E-state index in [0.29, 0.717) is 24.1 Å². The van der Waals surface area contributed by atoms with Crippen LogP contribution in [0, 0.1) is 0 Å². The molecular weight excluding hydrogens is 294 g/mol. The molecule has 1 rings (SSSR count). The zero-order valence-corrected chi connectivity index (χ0v) is 14.6. The Morgan fingerprint density at radius 3 is 2.70 bits per heavy atom. The van der Waals surface area contributed by atoms with Gasteiger partial charge in [0.25, 0.3) is 0 Å². The van der Waals surface area contributed by atoms with Gasteiger partial charge in [0.1, 0.15) is 6.61 Å². The van der Waals surface area contributed by atoms with Crippen molar-refractivity contribution in [2.24, 2.45) is 4.99 Å². The van der Waals surface area contributed by atoms with E-state index >= 15 is 0 Å². The molecule has 0 aliphatic rings. The van der Waals surface area contributed by atoms with Crippen molar-refractivity contribution < 1.29 is 14.6 Å². The van der Waals surface area contributed by atoms with Crippen LogP contribution in [0.4, 0.5) is 0 Å². The minimum absolute atomic E-state index is 0.0253. The molecule has 0 radical (unpaired) electrons. The van der Waals surface area contributed by atoms with Crippen LogP contribution in [0.5, 0.6) is 11.5 Å². The minimum atomic E-state index is -0.0253. The smallest absolute Gasteiger partial charge is 0.191 e. The molecule has 0 saturated carbocycles. The number of aliphatic hydroxyl groups excluding tert-OH is 1. The van der Waals surface area contributed by atoms with Crippen molar-refractivity contribution in [1.29, 1.82) is 0 Å². The number of aliphatic imine (C=N–C) groups is 1. The molecule has 0 aliphatic heterocycles. The maximum Gasteiger partial charge on any atom is 0.191 e. The molecule has 1 unspecified atom stereocenters. The number of benzene rings is 1. The topological polar surface area (TPSA) is 75.1 Å². The summed E-state index contributed by atoms with van der Waals surface area (Å²) in [7, 11) is 1.60. The van der Waals surface area contributed by atoms with Crippen molar-refractivity contribution in [2.75, 3.05) is 26.9 Å². The van der Waals surface area contributed by atoms with Crippen molar-refractivity contribution >= 4 is 5.96 Å². The van der Waals surface area contributed by atoms with Crippen LogP contribution < -0.4 is 20.1 Å². The molecule has 0 aliphatic carbocycles. The summed E-state index contributed by atoms with van der Waals surface area (Å²) in [6.45, 7) is 7.90. The SMILES string of the molecule is CCNC(=NCc1ccc(OCCO)c(OC)c1)NC(C)CC. The number of nitrogens with one attached hydrogen (secondary N) is 2. The van der Waals surface area contributed by atoms with E-state index in [0.717, 1.165) is 24.5 Å². The maximum absolute atomic E-state index is 8.84. The van der Waals surface area contributed by atoms with Gasteiger partial charge >= 0.3 is 0 Å². The van der Waals surface area contributed by atoms with E-state index in [9.17, 15) is 0 Å². The van der Waals surface area contributed by atoms with Gasteiger partial charge in [-0.1, -0.05) is 13.0 Å². The Morgan fingerprint density at radius 2 is 2.09 bits per heavy atom. The van der Waals surface area contributed by atoms with Gasteiger partial charge in [-0.2, -0.15) is 0 Å². The summed E-state index contributed by atoms with van der Waals surface area (Å²) in [4.78, 5) is 4.60. The van der Waals surface area contributed by atoms with Gasteiger partial charge in [0.15, 0.2) is 17.5 Å². The van der Waals surface area contributed by atoms with Crippen LogP contribution in [0.2, 0.25) is 0 Å². The molecule has 0 amide bonds. The van der Waals surface area contributed by atoms with Gasteiger partial charge in [-0.25, -0.2) is 4.99 Å². The van der Waals surface area contributed by atoms with E-state index in [-0.39, 0.29) is 13.2 Å². The lowest BCUT2D eigenvalue weighted by Crippen LogP contribution is -2.41. The van der Waals surface area contributed by atoms with Gasteiger partial charge < -0.3 is 25.2 Å². The number of guanidine groups is 1. The quantitative estimate of drug-likeness (QED) is 0.478. The first-order valence-corrected chi connectivity index (χ1v) is 8.09. The number of hydrogen-bond donors (Lipinski definition) is 3. The first-order chi connectivity index (χ1) is 11.1. The summed E-state index contributed by atoms with van der Waals surface area (Å²) >= 11 is 0. The van der Waals surface area contributed by atoms with Crippen LogP contribution in [0.1, 0.15) is 32.8 Å². The molecule has 0 fully saturated rings. The fourth-order valence-corrected chi connectivity index (χ4v) is 1.91. The van der Waals surface area contributed by atoms with E-state index in [1.807, 2.05) is 25.1 Å². The lowest BCUT2D eigenvalue weighted by molar-refractivity contribution is 0.196. The Balaban J connectivity index is 2.79. The summed E-state index contributed by atoms with van der Waals surface area (Å²) in [5.74, 6) is 2.08. The number of nitrogens with zero attached hydrogens (tertiary/aromatic N) is 1. The average Bonchev–Trinajstić information content (AvgIpc) is 2.58. The third-order valence-corrected chi connectivity index (χ3v) is 3.34. The van der Waals surface area contributed by atoms with Gasteiger partial charge in [-0.15, -0.1) is 0 Å². The van der Waals surface area contributed by atoms with E-state index in [1.54, 1.807) is 7.11 Å². The highest BCUT2D eigenvalue weighted by Crippen LogP contribution is 2.28. The van der Waals surface area contributed by atoms with Gasteiger partial charge in [0.05, 0.1) is 20.3 Å². The molecule has 6 nitrogen and oxygen atoms in total. The van der Waals surface area contributed by atoms with Crippen molar-refractivity contribution in [3.63, 3.8) is 0 Å². The Kier molecular flexibility index (Phi) is 8.90. The number of hydrogen-bond acceptors (Lipinski definition) is 4. The molecule has 130 valence electrons. The summed E-state index contributed by atoms with van der Waals surface area (Å²) in [5.41, 5.74) is 1.03. The Morgan fingerprint density at radius 1 is 1.30 bits per heavy atom. The Labute approximate surface area is 138 Å². The van der Waals surface area contributed by atoms with Crippen LogP contribution in [0.3, 0.4) is 0 Å². The Hall–Kier alpha value is -1.95. The highest BCUT2D eigenvalue weighted by molar-refractivity contribution is 5.80. The Bertz CT molecular complexity index is 492. The van der Waals surface area contributed by atoms with Crippen molar-refractivity contribution in [2.45, 2.75) is 39.8 Å². The van der Waals surface area contributed by atoms with Crippen LogP contribution in [-0.2, 0) is 6.54 Å². The molecule has 1 atom stereocenters. The molecule has 3 N–H and O–H groups in total. The predicted molar refractivity (Wildman–Crippen MR) is 93.3 cm³/mol. The highest BCUT2D eigenvalue weighted by Gasteiger charge is 2.07. The van der Waals surface area contributed by atoms with Crippen LogP contribution >= 0.6 is 0 Å². The fraction of sp³-hybridized carbons (Fsp3) is 0.588. The standard InChI is InChI=1S/C17H29N3O3/c1-5-13(3)20-17(18-6-2)19-12-14-7-8-15(23-10-9-21)16(11-14)22-4/h7-8,11,13,21H,5-6,9-10,12H2,1-4H3,(H2,18,19,20). The second kappa shape index (κ2) is 10.7. The fourth-order valence-electron chi connectivity index (χ4n) is 1.91. The molecule has 1 aromatic rings. The van der Waals surface area contributed by atoms with Crippen molar-refractivity contribution in [1.82, 2.24) is 10.6 Å². The van der Waals surface area contributed by atoms with Gasteiger partial charge in [-0.05, 0) is 38.0 Å². The van der Waals surface area contributed by atoms with E-state index < -0.39 is 0 Å². The number of rotatable bonds is 9. The van der Waals surface area contributed by atoms with Gasteiger partial charge in [0, 0.05) is 12.6 Å². The second-order valence-corrected chi connectivity index (χ2v) is 5.21. The first-order valence-electron chi connectivity index (χ1n) is 8.09. The van der Waals surface area contributed by atoms with Crippen molar-refractivity contribution in [3.8, 4) is 11.5 Å². The zero-order valence-electron chi connectivity index (χ0n) is 14.6. The lowest BCUT2D eigenvalue weighted by atomic mass is 10.2. The molecule has 0 heterocycles. The second-order valence-electron chi connectivity index (χ2n) is 5.21. The third kappa shape index (κ3) is 6.78. The predicted octanol–water partition coefficient (Wildman–Crippen LogP) is 1.92. The first kappa shape index (κ1) is 19.1. The lowest BCUT2D eigenvalue weighted by Gasteiger charge is -2.16. The van der Waals surface area contributed by atoms with Crippen LogP contribution in [-0.4, -0.2) is 44.0 Å². The highest BCUT2D eigenvalue weighted by atomic mass is 16.5. The van der Waals surface area contributed by atoms with Crippen molar-refractivity contribution in [3.05, 3.63) is 23.8 Å². The number of aliphatic hydroxyl groups is 1. The van der Waals surface area contributed by atoms with E-state index in [4.69, 9.17) is 14.6 Å². The molecule has 0 aromatic heterocycles. The molecule has 6 heteroatoms. The summed E-state index contributed by atoms with van der Waals surface area (Å²) in [6, 6.07) is 6.07. The molecule has 1 aromatic carbocycles.